The van der Waals surface area contributed by atoms with E-state index in [1.807, 2.05) is 37.6 Å². The molecule has 1 aliphatic heterocycles. The number of thiophene rings is 1. The highest BCUT2D eigenvalue weighted by molar-refractivity contribution is 7.10. The minimum absolute atomic E-state index is 0.496. The van der Waals surface area contributed by atoms with E-state index in [1.54, 1.807) is 0 Å². The van der Waals surface area contributed by atoms with Crippen LogP contribution in [0.5, 0.6) is 0 Å². The standard InChI is InChI=1S/C20H29N5S/c1-15-8-9-16(12-22-15)13-23-20(21-2)24-14-17-6-4-10-25(3)19(17)18-7-5-11-26-18/h5,7-9,11-12,17,19H,4,6,10,13-14H2,1-3H3,(H2,21,23,24). The molecule has 2 N–H and O–H groups in total. The number of nitrogens with zero attached hydrogens (tertiary/aromatic N) is 3. The average Bonchev–Trinajstić information content (AvgIpc) is 3.17. The summed E-state index contributed by atoms with van der Waals surface area (Å²) in [6.45, 7) is 4.83. The molecule has 1 saturated heterocycles. The quantitative estimate of drug-likeness (QED) is 0.626. The van der Waals surface area contributed by atoms with Gasteiger partial charge in [-0.3, -0.25) is 14.9 Å². The van der Waals surface area contributed by atoms with Crippen LogP contribution in [0.2, 0.25) is 0 Å². The van der Waals surface area contributed by atoms with Crippen LogP contribution in [0.4, 0.5) is 0 Å². The molecule has 1 aliphatic rings. The predicted octanol–water partition coefficient (Wildman–Crippen LogP) is 3.20. The molecule has 0 aromatic carbocycles. The van der Waals surface area contributed by atoms with Gasteiger partial charge in [-0.1, -0.05) is 12.1 Å². The van der Waals surface area contributed by atoms with Crippen LogP contribution >= 0.6 is 11.3 Å². The third kappa shape index (κ3) is 4.83. The SMILES string of the molecule is CN=C(NCc1ccc(C)nc1)NCC1CCCN(C)C1c1cccs1. The highest BCUT2D eigenvalue weighted by Gasteiger charge is 2.31. The Balaban J connectivity index is 1.55. The lowest BCUT2D eigenvalue weighted by Crippen LogP contribution is -2.44. The van der Waals surface area contributed by atoms with Crippen LogP contribution in [0.25, 0.3) is 0 Å². The normalized spacial score (nSPS) is 21.6. The lowest BCUT2D eigenvalue weighted by Gasteiger charge is -2.39. The summed E-state index contributed by atoms with van der Waals surface area (Å²) in [6.07, 6.45) is 4.42. The molecule has 0 amide bonds. The minimum Gasteiger partial charge on any atom is -0.356 e. The second-order valence-corrected chi connectivity index (χ2v) is 7.94. The van der Waals surface area contributed by atoms with Crippen LogP contribution in [0.3, 0.4) is 0 Å². The summed E-state index contributed by atoms with van der Waals surface area (Å²) in [4.78, 5) is 12.7. The molecular formula is C20H29N5S. The largest absolute Gasteiger partial charge is 0.356 e. The molecule has 0 saturated carbocycles. The smallest absolute Gasteiger partial charge is 0.191 e. The number of rotatable bonds is 5. The van der Waals surface area contributed by atoms with Crippen molar-refractivity contribution in [3.8, 4) is 0 Å². The lowest BCUT2D eigenvalue weighted by molar-refractivity contribution is 0.125. The first-order valence-electron chi connectivity index (χ1n) is 9.27. The summed E-state index contributed by atoms with van der Waals surface area (Å²) >= 11 is 1.86. The van der Waals surface area contributed by atoms with E-state index in [4.69, 9.17) is 0 Å². The highest BCUT2D eigenvalue weighted by Crippen LogP contribution is 2.36. The zero-order valence-electron chi connectivity index (χ0n) is 15.9. The summed E-state index contributed by atoms with van der Waals surface area (Å²) in [7, 11) is 4.07. The Morgan fingerprint density at radius 2 is 2.23 bits per heavy atom. The van der Waals surface area contributed by atoms with Gasteiger partial charge in [0.05, 0.1) is 0 Å². The highest BCUT2D eigenvalue weighted by atomic mass is 32.1. The van der Waals surface area contributed by atoms with E-state index in [9.17, 15) is 0 Å². The van der Waals surface area contributed by atoms with Crippen molar-refractivity contribution >= 4 is 17.3 Å². The monoisotopic (exact) mass is 371 g/mol. The molecule has 2 aromatic rings. The number of piperidine rings is 1. The van der Waals surface area contributed by atoms with Crippen LogP contribution in [0, 0.1) is 12.8 Å². The molecule has 3 heterocycles. The van der Waals surface area contributed by atoms with Gasteiger partial charge < -0.3 is 10.6 Å². The Labute approximate surface area is 160 Å². The Kier molecular flexibility index (Phi) is 6.63. The number of hydrogen-bond donors (Lipinski definition) is 2. The molecule has 2 aromatic heterocycles. The Bertz CT molecular complexity index is 696. The summed E-state index contributed by atoms with van der Waals surface area (Å²) in [5.74, 6) is 1.44. The number of hydrogen-bond acceptors (Lipinski definition) is 4. The van der Waals surface area contributed by atoms with Gasteiger partial charge in [-0.05, 0) is 62.4 Å². The van der Waals surface area contributed by atoms with Gasteiger partial charge in [0.2, 0.25) is 0 Å². The van der Waals surface area contributed by atoms with Gasteiger partial charge >= 0.3 is 0 Å². The van der Waals surface area contributed by atoms with Crippen LogP contribution < -0.4 is 10.6 Å². The number of aromatic nitrogens is 1. The third-order valence-corrected chi connectivity index (χ3v) is 5.97. The molecule has 5 nitrogen and oxygen atoms in total. The van der Waals surface area contributed by atoms with Crippen LogP contribution in [-0.2, 0) is 6.54 Å². The maximum absolute atomic E-state index is 4.37. The molecule has 6 heteroatoms. The van der Waals surface area contributed by atoms with E-state index in [-0.39, 0.29) is 0 Å². The van der Waals surface area contributed by atoms with Gasteiger partial charge in [0.1, 0.15) is 0 Å². The van der Waals surface area contributed by atoms with Gasteiger partial charge in [0, 0.05) is 42.9 Å². The zero-order chi connectivity index (χ0) is 18.4. The zero-order valence-corrected chi connectivity index (χ0v) is 16.7. The molecule has 2 atom stereocenters. The molecule has 0 aliphatic carbocycles. The summed E-state index contributed by atoms with van der Waals surface area (Å²) in [6, 6.07) is 9.06. The third-order valence-electron chi connectivity index (χ3n) is 5.03. The Morgan fingerprint density at radius 3 is 2.92 bits per heavy atom. The van der Waals surface area contributed by atoms with Gasteiger partial charge in [-0.15, -0.1) is 11.3 Å². The van der Waals surface area contributed by atoms with E-state index in [0.717, 1.165) is 30.3 Å². The number of pyridine rings is 1. The Hall–Kier alpha value is -1.92. The second kappa shape index (κ2) is 9.14. The van der Waals surface area contributed by atoms with Crippen molar-refractivity contribution in [3.05, 3.63) is 52.0 Å². The van der Waals surface area contributed by atoms with Crippen molar-refractivity contribution in [1.82, 2.24) is 20.5 Å². The molecule has 1 fully saturated rings. The molecule has 140 valence electrons. The average molecular weight is 372 g/mol. The van der Waals surface area contributed by atoms with Crippen LogP contribution in [-0.4, -0.2) is 43.0 Å². The van der Waals surface area contributed by atoms with Crippen LogP contribution in [0.1, 0.15) is 35.0 Å². The Morgan fingerprint density at radius 1 is 1.35 bits per heavy atom. The first kappa shape index (κ1) is 18.9. The van der Waals surface area contributed by atoms with Crippen LogP contribution in [0.15, 0.2) is 40.8 Å². The van der Waals surface area contributed by atoms with Crippen molar-refractivity contribution < 1.29 is 0 Å². The van der Waals surface area contributed by atoms with E-state index in [1.165, 1.54) is 24.3 Å². The summed E-state index contributed by atoms with van der Waals surface area (Å²) in [5.41, 5.74) is 2.20. The molecule has 3 rings (SSSR count). The number of aliphatic imine (C=N–C) groups is 1. The molecular weight excluding hydrogens is 342 g/mol. The van der Waals surface area contributed by atoms with Crippen molar-refractivity contribution in [2.45, 2.75) is 32.4 Å². The van der Waals surface area contributed by atoms with Gasteiger partial charge in [0.25, 0.3) is 0 Å². The van der Waals surface area contributed by atoms with Gasteiger partial charge in [-0.2, -0.15) is 0 Å². The van der Waals surface area contributed by atoms with E-state index < -0.39 is 0 Å². The number of nitrogens with one attached hydrogen (secondary N) is 2. The van der Waals surface area contributed by atoms with E-state index >= 15 is 0 Å². The maximum atomic E-state index is 4.37. The molecule has 0 radical (unpaired) electrons. The maximum Gasteiger partial charge on any atom is 0.191 e. The van der Waals surface area contributed by atoms with E-state index in [0.29, 0.717) is 12.0 Å². The number of guanidine groups is 1. The topological polar surface area (TPSA) is 52.6 Å². The second-order valence-electron chi connectivity index (χ2n) is 6.96. The molecule has 26 heavy (non-hydrogen) atoms. The number of likely N-dealkylation sites (tertiary alicyclic amines) is 1. The minimum atomic E-state index is 0.496. The van der Waals surface area contributed by atoms with Crippen molar-refractivity contribution in [2.75, 3.05) is 27.2 Å². The lowest BCUT2D eigenvalue weighted by atomic mass is 9.88. The first-order chi connectivity index (χ1) is 12.7. The molecule has 0 bridgehead atoms. The number of aryl methyl sites for hydroxylation is 1. The van der Waals surface area contributed by atoms with Gasteiger partial charge in [-0.25, -0.2) is 0 Å². The van der Waals surface area contributed by atoms with Gasteiger partial charge in [0.15, 0.2) is 5.96 Å². The molecule has 0 spiro atoms. The summed E-state index contributed by atoms with van der Waals surface area (Å²) in [5, 5.41) is 9.10. The first-order valence-corrected chi connectivity index (χ1v) is 10.1. The molecule has 2 unspecified atom stereocenters. The van der Waals surface area contributed by atoms with Crippen molar-refractivity contribution in [3.63, 3.8) is 0 Å². The van der Waals surface area contributed by atoms with E-state index in [2.05, 4.69) is 56.1 Å². The fraction of sp³-hybridized carbons (Fsp3) is 0.500. The van der Waals surface area contributed by atoms with Crippen molar-refractivity contribution in [2.24, 2.45) is 10.9 Å². The summed E-state index contributed by atoms with van der Waals surface area (Å²) < 4.78 is 0. The predicted molar refractivity (Wildman–Crippen MR) is 110 cm³/mol. The fourth-order valence-electron chi connectivity index (χ4n) is 3.62. The fourth-order valence-corrected chi connectivity index (χ4v) is 4.60. The van der Waals surface area contributed by atoms with Crippen molar-refractivity contribution in [1.29, 1.82) is 0 Å².